The largest absolute Gasteiger partial charge is 0.282 e. The molecule has 20 heavy (non-hydrogen) atoms. The number of nitrogens with zero attached hydrogens (tertiary/aromatic N) is 1. The van der Waals surface area contributed by atoms with E-state index in [0.29, 0.717) is 15.9 Å². The average Bonchev–Trinajstić information content (AvgIpc) is 2.40. The Labute approximate surface area is 125 Å². The molecule has 1 aromatic carbocycles. The molecule has 106 valence electrons. The summed E-state index contributed by atoms with van der Waals surface area (Å²) in [6.45, 7) is 0. The third kappa shape index (κ3) is 4.28. The number of benzene rings is 1. The first-order chi connectivity index (χ1) is 9.46. The fourth-order valence-electron chi connectivity index (χ4n) is 1.61. The smallest absolute Gasteiger partial charge is 0.233 e. The Kier molecular flexibility index (Phi) is 4.72. The number of rotatable bonds is 5. The van der Waals surface area contributed by atoms with Crippen molar-refractivity contribution in [1.82, 2.24) is 4.98 Å². The summed E-state index contributed by atoms with van der Waals surface area (Å²) in [6, 6.07) is 9.36. The summed E-state index contributed by atoms with van der Waals surface area (Å²) >= 11 is 3.16. The van der Waals surface area contributed by atoms with Crippen molar-refractivity contribution < 1.29 is 12.8 Å². The normalized spacial score (nSPS) is 11.3. The maximum Gasteiger partial charge on any atom is 0.233 e. The minimum absolute atomic E-state index is 0.117. The zero-order valence-electron chi connectivity index (χ0n) is 10.4. The van der Waals surface area contributed by atoms with Crippen LogP contribution in [0.25, 0.3) is 0 Å². The van der Waals surface area contributed by atoms with Gasteiger partial charge in [-0.3, -0.25) is 4.72 Å². The predicted octanol–water partition coefficient (Wildman–Crippen LogP) is 2.97. The van der Waals surface area contributed by atoms with Crippen molar-refractivity contribution in [3.05, 3.63) is 58.6 Å². The number of anilines is 1. The van der Waals surface area contributed by atoms with Crippen molar-refractivity contribution in [3.63, 3.8) is 0 Å². The van der Waals surface area contributed by atoms with Gasteiger partial charge in [-0.2, -0.15) is 0 Å². The van der Waals surface area contributed by atoms with E-state index in [2.05, 4.69) is 25.6 Å². The number of nitrogens with one attached hydrogen (secondary N) is 1. The summed E-state index contributed by atoms with van der Waals surface area (Å²) in [4.78, 5) is 3.93. The molecule has 4 nitrogen and oxygen atoms in total. The van der Waals surface area contributed by atoms with E-state index in [9.17, 15) is 12.8 Å². The topological polar surface area (TPSA) is 59.1 Å². The molecule has 0 radical (unpaired) electrons. The lowest BCUT2D eigenvalue weighted by atomic mass is 10.2. The van der Waals surface area contributed by atoms with Gasteiger partial charge in [-0.15, -0.1) is 0 Å². The van der Waals surface area contributed by atoms with Gasteiger partial charge < -0.3 is 0 Å². The van der Waals surface area contributed by atoms with Crippen LogP contribution < -0.4 is 4.72 Å². The quantitative estimate of drug-likeness (QED) is 0.835. The van der Waals surface area contributed by atoms with Crippen LogP contribution in [0.1, 0.15) is 5.56 Å². The van der Waals surface area contributed by atoms with Crippen LogP contribution in [0.3, 0.4) is 0 Å². The van der Waals surface area contributed by atoms with E-state index in [1.165, 1.54) is 12.3 Å². The van der Waals surface area contributed by atoms with Gasteiger partial charge in [-0.1, -0.05) is 18.2 Å². The summed E-state index contributed by atoms with van der Waals surface area (Å²) in [5.41, 5.74) is 0.758. The molecule has 0 saturated carbocycles. The van der Waals surface area contributed by atoms with Gasteiger partial charge in [0.15, 0.2) is 0 Å². The average molecular weight is 359 g/mol. The minimum atomic E-state index is -3.53. The Morgan fingerprint density at radius 2 is 1.95 bits per heavy atom. The molecule has 0 aliphatic heterocycles. The molecule has 7 heteroatoms. The predicted molar refractivity (Wildman–Crippen MR) is 79.5 cm³/mol. The molecule has 0 saturated heterocycles. The van der Waals surface area contributed by atoms with Gasteiger partial charge in [0.05, 0.1) is 17.6 Å². The van der Waals surface area contributed by atoms with Crippen LogP contribution in [0, 0.1) is 5.82 Å². The van der Waals surface area contributed by atoms with Crippen molar-refractivity contribution in [2.45, 2.75) is 6.42 Å². The van der Waals surface area contributed by atoms with E-state index in [1.807, 2.05) is 0 Å². The van der Waals surface area contributed by atoms with Crippen LogP contribution in [0.15, 0.2) is 47.2 Å². The first kappa shape index (κ1) is 14.9. The van der Waals surface area contributed by atoms with E-state index in [-0.39, 0.29) is 12.2 Å². The maximum absolute atomic E-state index is 13.4. The summed E-state index contributed by atoms with van der Waals surface area (Å²) in [7, 11) is -3.53. The summed E-state index contributed by atoms with van der Waals surface area (Å²) < 4.78 is 40.2. The molecule has 0 atom stereocenters. The van der Waals surface area contributed by atoms with Crippen LogP contribution in [0.4, 0.5) is 10.1 Å². The van der Waals surface area contributed by atoms with Gasteiger partial charge in [0.1, 0.15) is 10.4 Å². The first-order valence-electron chi connectivity index (χ1n) is 5.82. The van der Waals surface area contributed by atoms with Gasteiger partial charge in [0.25, 0.3) is 0 Å². The monoisotopic (exact) mass is 358 g/mol. The number of hydrogen-bond acceptors (Lipinski definition) is 3. The van der Waals surface area contributed by atoms with Crippen LogP contribution >= 0.6 is 15.9 Å². The van der Waals surface area contributed by atoms with Gasteiger partial charge >= 0.3 is 0 Å². The van der Waals surface area contributed by atoms with Crippen molar-refractivity contribution in [3.8, 4) is 0 Å². The Hall–Kier alpha value is -1.47. The number of halogens is 2. The van der Waals surface area contributed by atoms with E-state index in [0.717, 1.165) is 0 Å². The molecular weight excluding hydrogens is 347 g/mol. The molecule has 0 aliphatic carbocycles. The molecule has 0 aliphatic rings. The van der Waals surface area contributed by atoms with Crippen LogP contribution in [-0.4, -0.2) is 19.2 Å². The molecule has 2 aromatic rings. The Balaban J connectivity index is 2.01. The van der Waals surface area contributed by atoms with Gasteiger partial charge in [-0.25, -0.2) is 17.8 Å². The van der Waals surface area contributed by atoms with Gasteiger partial charge in [0.2, 0.25) is 10.0 Å². The van der Waals surface area contributed by atoms with Crippen LogP contribution in [-0.2, 0) is 16.4 Å². The highest BCUT2D eigenvalue weighted by molar-refractivity contribution is 9.10. The molecule has 0 bridgehead atoms. The first-order valence-corrected chi connectivity index (χ1v) is 8.26. The molecule has 1 aromatic heterocycles. The zero-order chi connectivity index (χ0) is 14.6. The second kappa shape index (κ2) is 6.32. The van der Waals surface area contributed by atoms with E-state index in [4.69, 9.17) is 0 Å². The third-order valence-corrected chi connectivity index (χ3v) is 4.36. The number of sulfonamides is 1. The van der Waals surface area contributed by atoms with E-state index >= 15 is 0 Å². The molecule has 1 heterocycles. The Morgan fingerprint density at radius 3 is 2.60 bits per heavy atom. The number of aromatic nitrogens is 1. The highest BCUT2D eigenvalue weighted by Crippen LogP contribution is 2.13. The molecule has 0 unspecified atom stereocenters. The molecule has 0 amide bonds. The Bertz CT molecular complexity index is 690. The molecular formula is C13H12BrFN2O2S. The summed E-state index contributed by atoms with van der Waals surface area (Å²) in [5, 5.41) is 0. The van der Waals surface area contributed by atoms with Crippen molar-refractivity contribution in [2.75, 3.05) is 10.5 Å². The van der Waals surface area contributed by atoms with Gasteiger partial charge in [-0.05, 0) is 46.1 Å². The van der Waals surface area contributed by atoms with Crippen molar-refractivity contribution in [2.24, 2.45) is 0 Å². The van der Waals surface area contributed by atoms with Crippen LogP contribution in [0.5, 0.6) is 0 Å². The molecule has 0 spiro atoms. The number of hydrogen-bond donors (Lipinski definition) is 1. The minimum Gasteiger partial charge on any atom is -0.282 e. The lowest BCUT2D eigenvalue weighted by molar-refractivity contribution is 0.595. The fourth-order valence-corrected chi connectivity index (χ4v) is 2.92. The zero-order valence-corrected chi connectivity index (χ0v) is 12.8. The number of aryl methyl sites for hydroxylation is 1. The third-order valence-electron chi connectivity index (χ3n) is 2.60. The van der Waals surface area contributed by atoms with E-state index < -0.39 is 15.8 Å². The van der Waals surface area contributed by atoms with Crippen molar-refractivity contribution >= 4 is 31.6 Å². The second-order valence-corrected chi connectivity index (χ2v) is 6.79. The number of pyridine rings is 1. The standard InChI is InChI=1S/C13H12BrFN2O2S/c14-13-6-5-11(9-16-13)17-20(18,19)8-7-10-3-1-2-4-12(10)15/h1-6,9,17H,7-8H2. The Morgan fingerprint density at radius 1 is 1.20 bits per heavy atom. The summed E-state index contributed by atoms with van der Waals surface area (Å²) in [5.74, 6) is -0.586. The fraction of sp³-hybridized carbons (Fsp3) is 0.154. The SMILES string of the molecule is O=S(=O)(CCc1ccccc1F)Nc1ccc(Br)nc1. The molecule has 2 rings (SSSR count). The highest BCUT2D eigenvalue weighted by atomic mass is 79.9. The van der Waals surface area contributed by atoms with Crippen LogP contribution in [0.2, 0.25) is 0 Å². The lowest BCUT2D eigenvalue weighted by Gasteiger charge is -2.08. The lowest BCUT2D eigenvalue weighted by Crippen LogP contribution is -2.18. The molecule has 0 fully saturated rings. The molecule has 1 N–H and O–H groups in total. The second-order valence-electron chi connectivity index (χ2n) is 4.13. The van der Waals surface area contributed by atoms with Crippen molar-refractivity contribution in [1.29, 1.82) is 0 Å². The summed E-state index contributed by atoms with van der Waals surface area (Å²) in [6.07, 6.45) is 1.52. The van der Waals surface area contributed by atoms with Gasteiger partial charge in [0, 0.05) is 0 Å². The van der Waals surface area contributed by atoms with E-state index in [1.54, 1.807) is 30.3 Å². The highest BCUT2D eigenvalue weighted by Gasteiger charge is 2.12. The maximum atomic E-state index is 13.4.